The number of nitrogens with zero attached hydrogens (tertiary/aromatic N) is 3. The van der Waals surface area contributed by atoms with Gasteiger partial charge in [-0.25, -0.2) is 0 Å². The van der Waals surface area contributed by atoms with E-state index in [9.17, 15) is 14.7 Å². The van der Waals surface area contributed by atoms with Gasteiger partial charge in [-0.05, 0) is 42.0 Å². The Morgan fingerprint density at radius 3 is 2.54 bits per heavy atom. The summed E-state index contributed by atoms with van der Waals surface area (Å²) in [5.74, 6) is -0.660. The summed E-state index contributed by atoms with van der Waals surface area (Å²) in [6.45, 7) is 1.81. The van der Waals surface area contributed by atoms with Crippen molar-refractivity contribution in [1.29, 1.82) is 0 Å². The Morgan fingerprint density at radius 1 is 0.971 bits per heavy atom. The molecular formula is C28H22N4O3. The number of phenolic OH excluding ortho intramolecular Hbond substituents is 1. The first-order chi connectivity index (χ1) is 17.0. The Hall–Kier alpha value is -4.78. The van der Waals surface area contributed by atoms with Crippen molar-refractivity contribution in [2.24, 2.45) is 10.2 Å². The average Bonchev–Trinajstić information content (AvgIpc) is 3.12. The van der Waals surface area contributed by atoms with E-state index in [0.29, 0.717) is 22.5 Å². The largest absolute Gasteiger partial charge is 0.507 e. The minimum Gasteiger partial charge on any atom is -0.507 e. The van der Waals surface area contributed by atoms with Crippen molar-refractivity contribution in [1.82, 2.24) is 0 Å². The number of phenols is 1. The molecular weight excluding hydrogens is 440 g/mol. The van der Waals surface area contributed by atoms with E-state index in [-0.39, 0.29) is 23.9 Å². The monoisotopic (exact) mass is 462 g/mol. The summed E-state index contributed by atoms with van der Waals surface area (Å²) < 4.78 is 0. The van der Waals surface area contributed by atoms with Crippen molar-refractivity contribution in [2.75, 3.05) is 16.8 Å². The van der Waals surface area contributed by atoms with Crippen LogP contribution < -0.4 is 10.2 Å². The van der Waals surface area contributed by atoms with Crippen molar-refractivity contribution in [3.63, 3.8) is 0 Å². The second-order valence-electron chi connectivity index (χ2n) is 8.24. The molecule has 0 aliphatic carbocycles. The third-order valence-corrected chi connectivity index (χ3v) is 5.83. The van der Waals surface area contributed by atoms with Crippen LogP contribution in [0.3, 0.4) is 0 Å². The van der Waals surface area contributed by atoms with Gasteiger partial charge in [0.05, 0.1) is 11.9 Å². The van der Waals surface area contributed by atoms with Crippen LogP contribution in [0.5, 0.6) is 5.75 Å². The lowest BCUT2D eigenvalue weighted by molar-refractivity contribution is -0.118. The van der Waals surface area contributed by atoms with Crippen LogP contribution >= 0.6 is 0 Å². The summed E-state index contributed by atoms with van der Waals surface area (Å²) in [4.78, 5) is 27.3. The number of aromatic hydroxyl groups is 1. The normalized spacial score (nSPS) is 14.1. The fourth-order valence-corrected chi connectivity index (χ4v) is 4.06. The van der Waals surface area contributed by atoms with Gasteiger partial charge >= 0.3 is 0 Å². The summed E-state index contributed by atoms with van der Waals surface area (Å²) in [5, 5.41) is 23.2. The maximum absolute atomic E-state index is 13.2. The lowest BCUT2D eigenvalue weighted by Gasteiger charge is -2.16. The number of hydrogen-bond donors (Lipinski definition) is 2. The summed E-state index contributed by atoms with van der Waals surface area (Å²) in [7, 11) is 0. The first kappa shape index (κ1) is 22.0. The smallest absolute Gasteiger partial charge is 0.279 e. The number of benzene rings is 4. The van der Waals surface area contributed by atoms with Gasteiger partial charge < -0.3 is 10.4 Å². The van der Waals surface area contributed by atoms with Gasteiger partial charge in [-0.1, -0.05) is 66.2 Å². The summed E-state index contributed by atoms with van der Waals surface area (Å²) in [6.07, 6.45) is 1.44. The van der Waals surface area contributed by atoms with Crippen LogP contribution in [0, 0.1) is 6.92 Å². The fourth-order valence-electron chi connectivity index (χ4n) is 4.06. The zero-order chi connectivity index (χ0) is 24.4. The SMILES string of the molecule is Cc1ccc(NC(=O)CN2C(=O)/C(=N/N=C/c3c(O)ccc4ccccc34)c3ccccc32)cc1. The number of nitrogens with one attached hydrogen (secondary N) is 1. The minimum atomic E-state index is -0.412. The van der Waals surface area contributed by atoms with E-state index in [1.165, 1.54) is 11.1 Å². The molecule has 0 unspecified atom stereocenters. The molecule has 1 heterocycles. The van der Waals surface area contributed by atoms with Gasteiger partial charge in [0.2, 0.25) is 5.91 Å². The Morgan fingerprint density at radius 2 is 1.71 bits per heavy atom. The topological polar surface area (TPSA) is 94.4 Å². The van der Waals surface area contributed by atoms with E-state index < -0.39 is 5.91 Å². The van der Waals surface area contributed by atoms with Crippen molar-refractivity contribution >= 4 is 45.9 Å². The summed E-state index contributed by atoms with van der Waals surface area (Å²) >= 11 is 0. The van der Waals surface area contributed by atoms with Crippen LogP contribution in [-0.2, 0) is 9.59 Å². The maximum Gasteiger partial charge on any atom is 0.279 e. The fraction of sp³-hybridized carbons (Fsp3) is 0.0714. The second kappa shape index (κ2) is 9.23. The van der Waals surface area contributed by atoms with Crippen molar-refractivity contribution in [2.45, 2.75) is 6.92 Å². The number of rotatable bonds is 5. The molecule has 1 aliphatic heterocycles. The minimum absolute atomic E-state index is 0.0696. The maximum atomic E-state index is 13.2. The van der Waals surface area contributed by atoms with Crippen LogP contribution in [0.1, 0.15) is 16.7 Å². The van der Waals surface area contributed by atoms with Gasteiger partial charge in [-0.15, -0.1) is 5.10 Å². The molecule has 2 amide bonds. The van der Waals surface area contributed by atoms with Crippen LogP contribution in [0.15, 0.2) is 95.1 Å². The summed E-state index contributed by atoms with van der Waals surface area (Å²) in [6, 6.07) is 25.6. The highest BCUT2D eigenvalue weighted by Gasteiger charge is 2.35. The first-order valence-electron chi connectivity index (χ1n) is 11.1. The Balaban J connectivity index is 1.41. The van der Waals surface area contributed by atoms with Crippen LogP contribution in [0.2, 0.25) is 0 Å². The quantitative estimate of drug-likeness (QED) is 0.334. The van der Waals surface area contributed by atoms with Gasteiger partial charge in [0.25, 0.3) is 5.91 Å². The van der Waals surface area contributed by atoms with E-state index in [1.807, 2.05) is 61.5 Å². The molecule has 0 aromatic heterocycles. The molecule has 0 saturated carbocycles. The van der Waals surface area contributed by atoms with Gasteiger partial charge in [0.1, 0.15) is 12.3 Å². The number of para-hydroxylation sites is 1. The van der Waals surface area contributed by atoms with E-state index in [1.54, 1.807) is 30.3 Å². The molecule has 0 atom stereocenters. The zero-order valence-electron chi connectivity index (χ0n) is 19.0. The third-order valence-electron chi connectivity index (χ3n) is 5.83. The molecule has 2 N–H and O–H groups in total. The standard InChI is InChI=1S/C28H22N4O3/c1-18-10-13-20(14-11-18)30-26(34)17-32-24-9-5-4-8-22(24)27(28(32)35)31-29-16-23-21-7-3-2-6-19(21)12-15-25(23)33/h2-16,33H,17H2,1H3,(H,30,34)/b29-16+,31-27+. The molecule has 0 spiro atoms. The van der Waals surface area contributed by atoms with E-state index in [4.69, 9.17) is 0 Å². The Kier molecular flexibility index (Phi) is 5.81. The molecule has 4 aromatic carbocycles. The van der Waals surface area contributed by atoms with Crippen molar-refractivity contribution in [3.8, 4) is 5.75 Å². The molecule has 172 valence electrons. The molecule has 35 heavy (non-hydrogen) atoms. The predicted octanol–water partition coefficient (Wildman–Crippen LogP) is 4.66. The summed E-state index contributed by atoms with van der Waals surface area (Å²) in [5.41, 5.74) is 3.59. The van der Waals surface area contributed by atoms with Crippen molar-refractivity contribution < 1.29 is 14.7 Å². The lowest BCUT2D eigenvalue weighted by Crippen LogP contribution is -2.37. The molecule has 0 saturated heterocycles. The molecule has 7 nitrogen and oxygen atoms in total. The molecule has 4 aromatic rings. The van der Waals surface area contributed by atoms with Gasteiger partial charge in [0.15, 0.2) is 5.71 Å². The van der Waals surface area contributed by atoms with Crippen LogP contribution in [0.4, 0.5) is 11.4 Å². The third kappa shape index (κ3) is 4.39. The molecule has 0 bridgehead atoms. The Bertz CT molecular complexity index is 1510. The number of amides is 2. The van der Waals surface area contributed by atoms with Crippen LogP contribution in [0.25, 0.3) is 10.8 Å². The predicted molar refractivity (Wildman–Crippen MR) is 138 cm³/mol. The molecule has 1 aliphatic rings. The van der Waals surface area contributed by atoms with Gasteiger partial charge in [0, 0.05) is 16.8 Å². The van der Waals surface area contributed by atoms with E-state index >= 15 is 0 Å². The Labute approximate surface area is 202 Å². The van der Waals surface area contributed by atoms with E-state index in [2.05, 4.69) is 15.5 Å². The first-order valence-corrected chi connectivity index (χ1v) is 11.1. The van der Waals surface area contributed by atoms with Gasteiger partial charge in [-0.3, -0.25) is 14.5 Å². The highest BCUT2D eigenvalue weighted by atomic mass is 16.3. The molecule has 5 rings (SSSR count). The highest BCUT2D eigenvalue weighted by molar-refractivity contribution is 6.54. The molecule has 0 fully saturated rings. The van der Waals surface area contributed by atoms with Crippen LogP contribution in [-0.4, -0.2) is 35.4 Å². The lowest BCUT2D eigenvalue weighted by atomic mass is 10.0. The number of fused-ring (bicyclic) bond motifs is 2. The average molecular weight is 463 g/mol. The number of carbonyl (C=O) groups is 2. The number of anilines is 2. The number of carbonyl (C=O) groups excluding carboxylic acids is 2. The number of aryl methyl sites for hydroxylation is 1. The van der Waals surface area contributed by atoms with Gasteiger partial charge in [-0.2, -0.15) is 5.10 Å². The molecule has 7 heteroatoms. The van der Waals surface area contributed by atoms with E-state index in [0.717, 1.165) is 16.3 Å². The highest BCUT2D eigenvalue weighted by Crippen LogP contribution is 2.30. The van der Waals surface area contributed by atoms with Crippen molar-refractivity contribution in [3.05, 3.63) is 102 Å². The second-order valence-corrected chi connectivity index (χ2v) is 8.24. The molecule has 0 radical (unpaired) electrons. The number of hydrogen-bond acceptors (Lipinski definition) is 5. The zero-order valence-corrected chi connectivity index (χ0v) is 19.0.